The quantitative estimate of drug-likeness (QED) is 0.585. The van der Waals surface area contributed by atoms with Gasteiger partial charge in [0.05, 0.1) is 16.8 Å². The Balaban J connectivity index is 1.82. The molecule has 1 aliphatic rings. The summed E-state index contributed by atoms with van der Waals surface area (Å²) in [4.78, 5) is 2.10. The summed E-state index contributed by atoms with van der Waals surface area (Å²) >= 11 is 0. The number of halogens is 5. The van der Waals surface area contributed by atoms with Crippen LogP contribution in [0.2, 0.25) is 0 Å². The van der Waals surface area contributed by atoms with Crippen molar-refractivity contribution < 1.29 is 31.8 Å². The first-order valence-electron chi connectivity index (χ1n) is 9.68. The van der Waals surface area contributed by atoms with Crippen molar-refractivity contribution in [1.29, 1.82) is 0 Å². The van der Waals surface area contributed by atoms with Crippen molar-refractivity contribution in [3.05, 3.63) is 47.2 Å². The topological polar surface area (TPSA) is 50.5 Å². The number of alkyl halides is 3. The Morgan fingerprint density at radius 3 is 2.45 bits per heavy atom. The number of nitrogens with zero attached hydrogens (tertiary/aromatic N) is 3. The lowest BCUT2D eigenvalue weighted by Crippen LogP contribution is -2.36. The van der Waals surface area contributed by atoms with E-state index in [2.05, 4.69) is 10.00 Å². The fraction of sp³-hybridized carbons (Fsp3) is 0.381. The van der Waals surface area contributed by atoms with Gasteiger partial charge in [-0.2, -0.15) is 18.3 Å². The Hall–Kier alpha value is -2.88. The Morgan fingerprint density at radius 1 is 1.13 bits per heavy atom. The fourth-order valence-electron chi connectivity index (χ4n) is 3.91. The van der Waals surface area contributed by atoms with Crippen LogP contribution in [0.5, 0.6) is 5.75 Å². The summed E-state index contributed by atoms with van der Waals surface area (Å²) in [5.41, 5.74) is -0.789. The molecule has 2 aromatic carbocycles. The van der Waals surface area contributed by atoms with Gasteiger partial charge in [-0.25, -0.2) is 13.5 Å². The van der Waals surface area contributed by atoms with Crippen molar-refractivity contribution in [3.8, 4) is 11.4 Å². The molecule has 3 aromatic rings. The van der Waals surface area contributed by atoms with E-state index in [1.807, 2.05) is 13.1 Å². The van der Waals surface area contributed by atoms with E-state index in [9.17, 15) is 27.1 Å². The van der Waals surface area contributed by atoms with Crippen LogP contribution in [-0.2, 0) is 10.9 Å². The van der Waals surface area contributed by atoms with Gasteiger partial charge in [0.1, 0.15) is 5.69 Å². The standard InChI is InChI=1S/C21H20F5N3O2/c1-11-14-9-13(28(2)12-5-7-31-8-6-12)3-4-16(14)29(27-11)17-10-15(21(24,25)26)18(22)20(30)19(17)23/h3-4,9-10,12,30H,5-8H2,1-2H3. The molecule has 0 aliphatic carbocycles. The van der Waals surface area contributed by atoms with Gasteiger partial charge in [0.2, 0.25) is 0 Å². The molecule has 10 heteroatoms. The molecule has 0 atom stereocenters. The highest BCUT2D eigenvalue weighted by atomic mass is 19.4. The van der Waals surface area contributed by atoms with E-state index in [1.165, 1.54) is 0 Å². The Labute approximate surface area is 174 Å². The first kappa shape index (κ1) is 21.4. The van der Waals surface area contributed by atoms with Gasteiger partial charge in [-0.15, -0.1) is 0 Å². The number of hydrogen-bond donors (Lipinski definition) is 1. The number of aryl methyl sites for hydroxylation is 1. The van der Waals surface area contributed by atoms with Crippen molar-refractivity contribution in [2.24, 2.45) is 0 Å². The average Bonchev–Trinajstić information content (AvgIpc) is 3.07. The van der Waals surface area contributed by atoms with Crippen LogP contribution in [0, 0.1) is 18.6 Å². The first-order valence-corrected chi connectivity index (χ1v) is 9.68. The lowest BCUT2D eigenvalue weighted by Gasteiger charge is -2.33. The molecular formula is C21H20F5N3O2. The molecule has 0 bridgehead atoms. The van der Waals surface area contributed by atoms with Gasteiger partial charge in [0.25, 0.3) is 0 Å². The molecule has 1 N–H and O–H groups in total. The number of phenolic OH excluding ortho intramolecular Hbond substituents is 1. The van der Waals surface area contributed by atoms with Crippen LogP contribution >= 0.6 is 0 Å². The van der Waals surface area contributed by atoms with Crippen LogP contribution in [0.15, 0.2) is 24.3 Å². The lowest BCUT2D eigenvalue weighted by atomic mass is 10.1. The monoisotopic (exact) mass is 441 g/mol. The molecule has 1 fully saturated rings. The normalized spacial score (nSPS) is 15.6. The maximum atomic E-state index is 14.6. The van der Waals surface area contributed by atoms with Crippen molar-refractivity contribution in [3.63, 3.8) is 0 Å². The molecule has 4 rings (SSSR count). The minimum absolute atomic E-state index is 0.280. The number of hydrogen-bond acceptors (Lipinski definition) is 4. The molecule has 0 amide bonds. The van der Waals surface area contributed by atoms with Gasteiger partial charge in [-0.3, -0.25) is 0 Å². The molecule has 1 aromatic heterocycles. The summed E-state index contributed by atoms with van der Waals surface area (Å²) in [7, 11) is 1.95. The van der Waals surface area contributed by atoms with E-state index in [-0.39, 0.29) is 6.04 Å². The molecule has 2 heterocycles. The second-order valence-electron chi connectivity index (χ2n) is 7.57. The highest BCUT2D eigenvalue weighted by Gasteiger charge is 2.38. The van der Waals surface area contributed by atoms with Gasteiger partial charge < -0.3 is 14.7 Å². The van der Waals surface area contributed by atoms with E-state index in [0.717, 1.165) is 23.2 Å². The SMILES string of the molecule is Cc1nn(-c2cc(C(F)(F)F)c(F)c(O)c2F)c2ccc(N(C)C3CCOCC3)cc12. The summed E-state index contributed by atoms with van der Waals surface area (Å²) in [5.74, 6) is -5.26. The zero-order chi connectivity index (χ0) is 22.5. The van der Waals surface area contributed by atoms with Gasteiger partial charge in [0.15, 0.2) is 17.4 Å². The molecule has 1 saturated heterocycles. The number of fused-ring (bicyclic) bond motifs is 1. The van der Waals surface area contributed by atoms with Crippen LogP contribution in [-0.4, -0.2) is 41.2 Å². The number of phenols is 1. The summed E-state index contributed by atoms with van der Waals surface area (Å²) in [6.07, 6.45) is -3.37. The smallest absolute Gasteiger partial charge is 0.419 e. The Morgan fingerprint density at radius 2 is 1.81 bits per heavy atom. The number of benzene rings is 2. The lowest BCUT2D eigenvalue weighted by molar-refractivity contribution is -0.140. The summed E-state index contributed by atoms with van der Waals surface area (Å²) < 4.78 is 74.3. The number of anilines is 1. The highest BCUT2D eigenvalue weighted by molar-refractivity contribution is 5.87. The maximum absolute atomic E-state index is 14.6. The van der Waals surface area contributed by atoms with Crippen molar-refractivity contribution in [1.82, 2.24) is 9.78 Å². The van der Waals surface area contributed by atoms with E-state index >= 15 is 0 Å². The van der Waals surface area contributed by atoms with Gasteiger partial charge in [-0.05, 0) is 44.0 Å². The first-order chi connectivity index (χ1) is 14.6. The van der Waals surface area contributed by atoms with E-state index in [4.69, 9.17) is 4.74 Å². The molecule has 0 spiro atoms. The summed E-state index contributed by atoms with van der Waals surface area (Å²) in [6.45, 7) is 2.98. The third-order valence-corrected chi connectivity index (χ3v) is 5.69. The minimum Gasteiger partial charge on any atom is -0.503 e. The molecule has 166 valence electrons. The van der Waals surface area contributed by atoms with Gasteiger partial charge in [-0.1, -0.05) is 0 Å². The summed E-state index contributed by atoms with van der Waals surface area (Å²) in [6, 6.07) is 5.81. The van der Waals surface area contributed by atoms with Crippen LogP contribution in [0.25, 0.3) is 16.6 Å². The number of aromatic nitrogens is 2. The van der Waals surface area contributed by atoms with Crippen LogP contribution in [0.4, 0.5) is 27.6 Å². The molecule has 0 unspecified atom stereocenters. The third-order valence-electron chi connectivity index (χ3n) is 5.69. The molecule has 0 saturated carbocycles. The molecular weight excluding hydrogens is 421 g/mol. The maximum Gasteiger partial charge on any atom is 0.419 e. The van der Waals surface area contributed by atoms with Gasteiger partial charge >= 0.3 is 6.18 Å². The van der Waals surface area contributed by atoms with Crippen molar-refractivity contribution >= 4 is 16.6 Å². The Kier molecular flexibility index (Phi) is 5.28. The predicted molar refractivity (Wildman–Crippen MR) is 105 cm³/mol. The fourth-order valence-corrected chi connectivity index (χ4v) is 3.91. The number of aromatic hydroxyl groups is 1. The second-order valence-corrected chi connectivity index (χ2v) is 7.57. The van der Waals surface area contributed by atoms with Crippen molar-refractivity contribution in [2.75, 3.05) is 25.2 Å². The van der Waals surface area contributed by atoms with Gasteiger partial charge in [0, 0.05) is 37.4 Å². The zero-order valence-electron chi connectivity index (χ0n) is 16.8. The van der Waals surface area contributed by atoms with E-state index in [1.54, 1.807) is 19.1 Å². The zero-order valence-corrected chi connectivity index (χ0v) is 16.8. The largest absolute Gasteiger partial charge is 0.503 e. The van der Waals surface area contributed by atoms with Crippen LogP contribution < -0.4 is 4.90 Å². The van der Waals surface area contributed by atoms with Crippen LogP contribution in [0.3, 0.4) is 0 Å². The molecule has 5 nitrogen and oxygen atoms in total. The number of ether oxygens (including phenoxy) is 1. The molecule has 1 aliphatic heterocycles. The predicted octanol–water partition coefficient (Wildman–Crippen LogP) is 4.95. The molecule has 31 heavy (non-hydrogen) atoms. The third kappa shape index (κ3) is 3.69. The second kappa shape index (κ2) is 7.67. The van der Waals surface area contributed by atoms with Crippen molar-refractivity contribution in [2.45, 2.75) is 32.0 Å². The minimum atomic E-state index is -5.11. The molecule has 0 radical (unpaired) electrons. The van der Waals surface area contributed by atoms with E-state index in [0.29, 0.717) is 35.9 Å². The Bertz CT molecular complexity index is 1140. The highest BCUT2D eigenvalue weighted by Crippen LogP contribution is 2.39. The average molecular weight is 441 g/mol. The van der Waals surface area contributed by atoms with Crippen LogP contribution in [0.1, 0.15) is 24.1 Å². The van der Waals surface area contributed by atoms with E-state index < -0.39 is 34.8 Å². The summed E-state index contributed by atoms with van der Waals surface area (Å²) in [5, 5.41) is 14.4. The number of rotatable bonds is 3.